The molecule has 1 fully saturated rings. The highest BCUT2D eigenvalue weighted by Gasteiger charge is 2.43. The third kappa shape index (κ3) is 4.82. The minimum atomic E-state index is -0.818. The number of carboxylic acids is 1. The molecule has 0 aromatic heterocycles. The molecule has 1 aliphatic rings. The fraction of sp³-hybridized carbons (Fsp3) is 0.857. The quantitative estimate of drug-likeness (QED) is 0.735. The number of hydrogen-bond acceptors (Lipinski definition) is 3. The van der Waals surface area contributed by atoms with Crippen molar-refractivity contribution in [1.82, 2.24) is 10.2 Å². The van der Waals surface area contributed by atoms with E-state index in [0.29, 0.717) is 12.8 Å². The maximum atomic E-state index is 12.0. The molecule has 0 heterocycles. The fourth-order valence-electron chi connectivity index (χ4n) is 2.68. The number of carbonyl (C=O) groups excluding carboxylic acids is 1. The van der Waals surface area contributed by atoms with Crippen LogP contribution in [0.2, 0.25) is 0 Å². The molecule has 2 N–H and O–H groups in total. The molecule has 0 aromatic rings. The molecular weight excluding hydrogens is 244 g/mol. The van der Waals surface area contributed by atoms with E-state index in [2.05, 4.69) is 10.2 Å². The lowest BCUT2D eigenvalue weighted by Gasteiger charge is -2.24. The molecule has 1 saturated carbocycles. The van der Waals surface area contributed by atoms with E-state index in [0.717, 1.165) is 25.8 Å². The van der Waals surface area contributed by atoms with E-state index in [9.17, 15) is 14.7 Å². The average molecular weight is 270 g/mol. The number of nitrogens with one attached hydrogen (secondary N) is 1. The molecule has 0 radical (unpaired) electrons. The Balaban J connectivity index is 2.43. The van der Waals surface area contributed by atoms with Gasteiger partial charge in [0.05, 0.1) is 5.41 Å². The first-order chi connectivity index (χ1) is 8.85. The predicted octanol–water partition coefficient (Wildman–Crippen LogP) is 1.48. The lowest BCUT2D eigenvalue weighted by molar-refractivity contribution is -0.151. The summed E-state index contributed by atoms with van der Waals surface area (Å²) < 4.78 is 0. The maximum absolute atomic E-state index is 12.0. The van der Waals surface area contributed by atoms with Gasteiger partial charge in [0.15, 0.2) is 0 Å². The number of nitrogens with zero attached hydrogens (tertiary/aromatic N) is 1. The second-order valence-corrected chi connectivity index (χ2v) is 6.03. The second kappa shape index (κ2) is 6.89. The van der Waals surface area contributed by atoms with Gasteiger partial charge in [-0.3, -0.25) is 9.59 Å². The van der Waals surface area contributed by atoms with Gasteiger partial charge in [-0.2, -0.15) is 0 Å². The summed E-state index contributed by atoms with van der Waals surface area (Å²) in [5.74, 6) is -0.948. The monoisotopic (exact) mass is 270 g/mol. The summed E-state index contributed by atoms with van der Waals surface area (Å²) in [5, 5.41) is 12.2. The van der Waals surface area contributed by atoms with Gasteiger partial charge in [0, 0.05) is 12.5 Å². The summed E-state index contributed by atoms with van der Waals surface area (Å²) in [7, 11) is 3.99. The molecule has 5 heteroatoms. The SMILES string of the molecule is CC(CCN(C)C)NC(=O)CC1(C(=O)O)CCCC1. The number of carboxylic acid groups (broad SMARTS) is 1. The van der Waals surface area contributed by atoms with Crippen molar-refractivity contribution in [3.63, 3.8) is 0 Å². The highest BCUT2D eigenvalue weighted by atomic mass is 16.4. The van der Waals surface area contributed by atoms with Crippen LogP contribution in [0, 0.1) is 5.41 Å². The van der Waals surface area contributed by atoms with Crippen molar-refractivity contribution in [2.75, 3.05) is 20.6 Å². The van der Waals surface area contributed by atoms with Crippen LogP contribution in [0.15, 0.2) is 0 Å². The molecule has 0 bridgehead atoms. The standard InChI is InChI=1S/C14H26N2O3/c1-11(6-9-16(2)3)15-12(17)10-14(13(18)19)7-4-5-8-14/h11H,4-10H2,1-3H3,(H,15,17)(H,18,19). The third-order valence-corrected chi connectivity index (χ3v) is 3.93. The molecule has 1 unspecified atom stereocenters. The molecule has 1 rings (SSSR count). The molecule has 19 heavy (non-hydrogen) atoms. The molecular formula is C14H26N2O3. The van der Waals surface area contributed by atoms with Gasteiger partial charge in [-0.15, -0.1) is 0 Å². The van der Waals surface area contributed by atoms with Crippen LogP contribution in [0.4, 0.5) is 0 Å². The summed E-state index contributed by atoms with van der Waals surface area (Å²) in [6.07, 6.45) is 4.07. The van der Waals surface area contributed by atoms with Crippen molar-refractivity contribution < 1.29 is 14.7 Å². The second-order valence-electron chi connectivity index (χ2n) is 6.03. The first-order valence-electron chi connectivity index (χ1n) is 7.03. The molecule has 0 aliphatic heterocycles. The van der Waals surface area contributed by atoms with E-state index in [1.807, 2.05) is 21.0 Å². The van der Waals surface area contributed by atoms with Crippen molar-refractivity contribution in [3.05, 3.63) is 0 Å². The number of rotatable bonds is 7. The summed E-state index contributed by atoms with van der Waals surface area (Å²) >= 11 is 0. The average Bonchev–Trinajstić information content (AvgIpc) is 2.76. The Bertz CT molecular complexity index is 323. The first-order valence-corrected chi connectivity index (χ1v) is 7.03. The largest absolute Gasteiger partial charge is 0.481 e. The number of aliphatic carboxylic acids is 1. The zero-order valence-corrected chi connectivity index (χ0v) is 12.2. The van der Waals surface area contributed by atoms with E-state index in [1.54, 1.807) is 0 Å². The van der Waals surface area contributed by atoms with Crippen LogP contribution in [-0.2, 0) is 9.59 Å². The topological polar surface area (TPSA) is 69.6 Å². The zero-order valence-electron chi connectivity index (χ0n) is 12.2. The van der Waals surface area contributed by atoms with Crippen molar-refractivity contribution >= 4 is 11.9 Å². The van der Waals surface area contributed by atoms with Crippen LogP contribution < -0.4 is 5.32 Å². The van der Waals surface area contributed by atoms with Crippen LogP contribution in [-0.4, -0.2) is 48.6 Å². The third-order valence-electron chi connectivity index (χ3n) is 3.93. The minimum Gasteiger partial charge on any atom is -0.481 e. The Morgan fingerprint density at radius 2 is 1.89 bits per heavy atom. The predicted molar refractivity (Wildman–Crippen MR) is 73.9 cm³/mol. The summed E-state index contributed by atoms with van der Waals surface area (Å²) in [4.78, 5) is 25.4. The van der Waals surface area contributed by atoms with Gasteiger partial charge in [0.2, 0.25) is 5.91 Å². The molecule has 0 aromatic carbocycles. The van der Waals surface area contributed by atoms with Gasteiger partial charge >= 0.3 is 5.97 Å². The molecule has 5 nitrogen and oxygen atoms in total. The van der Waals surface area contributed by atoms with Crippen LogP contribution >= 0.6 is 0 Å². The molecule has 1 aliphatic carbocycles. The molecule has 1 atom stereocenters. The number of carbonyl (C=O) groups is 2. The first kappa shape index (κ1) is 16.0. The van der Waals surface area contributed by atoms with Crippen molar-refractivity contribution in [3.8, 4) is 0 Å². The van der Waals surface area contributed by atoms with Crippen molar-refractivity contribution in [2.24, 2.45) is 5.41 Å². The summed E-state index contributed by atoms with van der Waals surface area (Å²) in [5.41, 5.74) is -0.814. The van der Waals surface area contributed by atoms with E-state index in [4.69, 9.17) is 0 Å². The smallest absolute Gasteiger partial charge is 0.310 e. The van der Waals surface area contributed by atoms with Gasteiger partial charge < -0.3 is 15.3 Å². The number of amides is 1. The Hall–Kier alpha value is -1.10. The Morgan fingerprint density at radius 3 is 2.37 bits per heavy atom. The highest BCUT2D eigenvalue weighted by molar-refractivity contribution is 5.85. The highest BCUT2D eigenvalue weighted by Crippen LogP contribution is 2.41. The number of hydrogen-bond donors (Lipinski definition) is 2. The van der Waals surface area contributed by atoms with Crippen LogP contribution in [0.3, 0.4) is 0 Å². The summed E-state index contributed by atoms with van der Waals surface area (Å²) in [6.45, 7) is 2.87. The Kier molecular flexibility index (Phi) is 5.79. The zero-order chi connectivity index (χ0) is 14.5. The van der Waals surface area contributed by atoms with Crippen molar-refractivity contribution in [2.45, 2.75) is 51.5 Å². The lowest BCUT2D eigenvalue weighted by atomic mass is 9.82. The van der Waals surface area contributed by atoms with Crippen LogP contribution in [0.5, 0.6) is 0 Å². The maximum Gasteiger partial charge on any atom is 0.310 e. The van der Waals surface area contributed by atoms with Gasteiger partial charge in [-0.05, 0) is 46.8 Å². The molecule has 0 saturated heterocycles. The van der Waals surface area contributed by atoms with Gasteiger partial charge in [-0.25, -0.2) is 0 Å². The normalized spacial score (nSPS) is 19.4. The summed E-state index contributed by atoms with van der Waals surface area (Å²) in [6, 6.07) is 0.0853. The van der Waals surface area contributed by atoms with E-state index >= 15 is 0 Å². The van der Waals surface area contributed by atoms with Gasteiger partial charge in [0.25, 0.3) is 0 Å². The molecule has 0 spiro atoms. The van der Waals surface area contributed by atoms with Crippen LogP contribution in [0.1, 0.15) is 45.4 Å². The van der Waals surface area contributed by atoms with Gasteiger partial charge in [0.1, 0.15) is 0 Å². The van der Waals surface area contributed by atoms with Gasteiger partial charge in [-0.1, -0.05) is 12.8 Å². The molecule has 1 amide bonds. The van der Waals surface area contributed by atoms with E-state index in [1.165, 1.54) is 0 Å². The lowest BCUT2D eigenvalue weighted by Crippen LogP contribution is -2.40. The van der Waals surface area contributed by atoms with E-state index < -0.39 is 11.4 Å². The Morgan fingerprint density at radius 1 is 1.32 bits per heavy atom. The van der Waals surface area contributed by atoms with Crippen molar-refractivity contribution in [1.29, 1.82) is 0 Å². The molecule has 110 valence electrons. The minimum absolute atomic E-state index is 0.0853. The Labute approximate surface area is 115 Å². The van der Waals surface area contributed by atoms with E-state index in [-0.39, 0.29) is 18.4 Å². The fourth-order valence-corrected chi connectivity index (χ4v) is 2.68. The van der Waals surface area contributed by atoms with Crippen LogP contribution in [0.25, 0.3) is 0 Å².